The van der Waals surface area contributed by atoms with Crippen LogP contribution in [0, 0.1) is 33.6 Å². The number of amides is 3. The maximum Gasteiger partial charge on any atom is 0.254 e. The molecule has 3 aliphatic heterocycles. The van der Waals surface area contributed by atoms with Crippen LogP contribution in [0.25, 0.3) is 15.4 Å². The van der Waals surface area contributed by atoms with Crippen LogP contribution >= 0.6 is 34.3 Å². The summed E-state index contributed by atoms with van der Waals surface area (Å²) in [5.74, 6) is 0.227. The van der Waals surface area contributed by atoms with Gasteiger partial charge in [0, 0.05) is 72.3 Å². The fraction of sp³-hybridized carbons (Fsp3) is 0.429. The molecule has 9 rings (SSSR count). The molecule has 0 unspecified atom stereocenters. The van der Waals surface area contributed by atoms with Gasteiger partial charge >= 0.3 is 0 Å². The molecule has 3 amide bonds. The molecule has 356 valence electrons. The summed E-state index contributed by atoms with van der Waals surface area (Å²) in [6, 6.07) is 15.8. The second-order valence-corrected chi connectivity index (χ2v) is 20.7. The summed E-state index contributed by atoms with van der Waals surface area (Å²) >= 11 is 9.53. The summed E-state index contributed by atoms with van der Waals surface area (Å²) in [7, 11) is 0. The second-order valence-electron chi connectivity index (χ2n) is 18.2. The Labute approximate surface area is 407 Å². The second kappa shape index (κ2) is 20.0. The van der Waals surface area contributed by atoms with Crippen LogP contribution in [-0.2, 0) is 20.9 Å². The lowest BCUT2D eigenvalue weighted by molar-refractivity contribution is -0.141. The van der Waals surface area contributed by atoms with Crippen molar-refractivity contribution in [2.75, 3.05) is 32.8 Å². The Kier molecular flexibility index (Phi) is 13.9. The lowest BCUT2D eigenvalue weighted by Crippen LogP contribution is -2.48. The predicted molar refractivity (Wildman–Crippen MR) is 261 cm³/mol. The minimum Gasteiger partial charge on any atom is -0.474 e. The first kappa shape index (κ1) is 47.3. The number of likely N-dealkylation sites (tertiary alicyclic amines) is 2. The van der Waals surface area contributed by atoms with E-state index in [-0.39, 0.29) is 61.5 Å². The molecule has 0 saturated carbocycles. The summed E-state index contributed by atoms with van der Waals surface area (Å²) in [6.07, 6.45) is 0.181. The van der Waals surface area contributed by atoms with Crippen LogP contribution in [0.15, 0.2) is 69.6 Å². The number of hydrogen-bond acceptors (Lipinski definition) is 14. The Morgan fingerprint density at radius 2 is 1.78 bits per heavy atom. The number of aliphatic hydroxyl groups excluding tert-OH is 1. The van der Waals surface area contributed by atoms with Gasteiger partial charge < -0.3 is 29.9 Å². The number of halogens is 1. The zero-order valence-electron chi connectivity index (χ0n) is 38.9. The lowest BCUT2D eigenvalue weighted by atomic mass is 9.91. The summed E-state index contributed by atoms with van der Waals surface area (Å²) in [5, 5.41) is 31.6. The molecule has 6 aromatic rings. The van der Waals surface area contributed by atoms with Gasteiger partial charge in [0.2, 0.25) is 17.7 Å². The van der Waals surface area contributed by atoms with Crippen molar-refractivity contribution in [3.8, 4) is 21.3 Å². The highest BCUT2D eigenvalue weighted by atomic mass is 35.5. The molecule has 0 radical (unpaired) electrons. The molecule has 2 aromatic carbocycles. The van der Waals surface area contributed by atoms with Crippen LogP contribution in [0.3, 0.4) is 0 Å². The fourth-order valence-corrected chi connectivity index (χ4v) is 11.5. The summed E-state index contributed by atoms with van der Waals surface area (Å²) in [5.41, 5.74) is 8.63. The van der Waals surface area contributed by atoms with Gasteiger partial charge in [-0.25, -0.2) is 4.98 Å². The van der Waals surface area contributed by atoms with Crippen molar-refractivity contribution in [3.05, 3.63) is 115 Å². The third kappa shape index (κ3) is 9.87. The maximum atomic E-state index is 14.2. The molecule has 5 atom stereocenters. The molecule has 16 nitrogen and oxygen atoms in total. The van der Waals surface area contributed by atoms with Crippen LogP contribution in [0.4, 0.5) is 0 Å². The van der Waals surface area contributed by atoms with Crippen molar-refractivity contribution in [2.24, 2.45) is 10.9 Å². The van der Waals surface area contributed by atoms with Gasteiger partial charge in [-0.1, -0.05) is 61.8 Å². The Morgan fingerprint density at radius 1 is 1.01 bits per heavy atom. The zero-order valence-corrected chi connectivity index (χ0v) is 41.3. The molecule has 0 aliphatic carbocycles. The Hall–Kier alpha value is -5.79. The number of benzene rings is 2. The molecule has 2 fully saturated rings. The maximum absolute atomic E-state index is 14.2. The number of nitrogens with zero attached hydrogens (tertiary/aromatic N) is 8. The van der Waals surface area contributed by atoms with Crippen molar-refractivity contribution < 1.29 is 28.8 Å². The number of aliphatic imine (C=N–C) groups is 1. The molecule has 0 bridgehead atoms. The Morgan fingerprint density at radius 3 is 2.51 bits per heavy atom. The van der Waals surface area contributed by atoms with E-state index in [1.54, 1.807) is 28.7 Å². The van der Waals surface area contributed by atoms with E-state index in [0.717, 1.165) is 67.9 Å². The van der Waals surface area contributed by atoms with Crippen LogP contribution in [0.1, 0.15) is 95.3 Å². The average Bonchev–Trinajstić information content (AvgIpc) is 4.19. The minimum absolute atomic E-state index is 0.0375. The van der Waals surface area contributed by atoms with E-state index in [1.165, 1.54) is 9.78 Å². The number of nitrogens with one attached hydrogen (secondary N) is 2. The average molecular weight is 980 g/mol. The van der Waals surface area contributed by atoms with E-state index < -0.39 is 24.1 Å². The molecular weight excluding hydrogens is 924 g/mol. The van der Waals surface area contributed by atoms with Crippen molar-refractivity contribution in [3.63, 3.8) is 0 Å². The van der Waals surface area contributed by atoms with E-state index in [1.807, 2.05) is 86.3 Å². The largest absolute Gasteiger partial charge is 0.474 e. The minimum atomic E-state index is -0.836. The van der Waals surface area contributed by atoms with Gasteiger partial charge in [-0.15, -0.1) is 32.9 Å². The van der Waals surface area contributed by atoms with Gasteiger partial charge in [0.25, 0.3) is 5.88 Å². The van der Waals surface area contributed by atoms with Crippen LogP contribution in [-0.4, -0.2) is 114 Å². The smallest absolute Gasteiger partial charge is 0.254 e. The van der Waals surface area contributed by atoms with Gasteiger partial charge in [-0.05, 0) is 74.0 Å². The highest BCUT2D eigenvalue weighted by Gasteiger charge is 2.43. The van der Waals surface area contributed by atoms with Crippen molar-refractivity contribution in [2.45, 2.75) is 97.5 Å². The van der Waals surface area contributed by atoms with Gasteiger partial charge in [0.1, 0.15) is 35.4 Å². The Balaban J connectivity index is 0.776. The fourth-order valence-electron chi connectivity index (χ4n) is 9.39. The number of ether oxygens (including phenoxy) is 1. The number of thiazole rings is 1. The number of aliphatic hydroxyl groups is 1. The third-order valence-electron chi connectivity index (χ3n) is 13.1. The van der Waals surface area contributed by atoms with Crippen LogP contribution in [0.2, 0.25) is 5.02 Å². The van der Waals surface area contributed by atoms with E-state index in [9.17, 15) is 19.5 Å². The molecule has 2 saturated heterocycles. The van der Waals surface area contributed by atoms with Crippen molar-refractivity contribution in [1.29, 1.82) is 0 Å². The number of aromatic nitrogens is 5. The van der Waals surface area contributed by atoms with E-state index >= 15 is 0 Å². The number of aryl methyl sites for hydroxylation is 3. The third-order valence-corrected chi connectivity index (χ3v) is 15.5. The van der Waals surface area contributed by atoms with Crippen molar-refractivity contribution in [1.82, 2.24) is 45.3 Å². The van der Waals surface area contributed by atoms with Crippen LogP contribution in [0.5, 0.6) is 5.88 Å². The number of fused-ring (bicyclic) bond motifs is 3. The molecule has 4 aromatic heterocycles. The molecule has 3 aliphatic rings. The SMILES string of the molecule is Cc1ncsc1-c1ccc(CNC(=O)[C@@H]2C[C@@H](O)CN2C(=O)[C@H](c2cc(OCCN3CC[C@@H](NC(=O)C[C@@H]4N=C(c5ccc(Cl)cc5)c5c(sc(C)c5C)-n5c(C)nnc54)C3)no2)C(C)C)cc1. The lowest BCUT2D eigenvalue weighted by Gasteiger charge is -2.28. The summed E-state index contributed by atoms with van der Waals surface area (Å²) in [6.45, 7) is 14.5. The number of hydrogen-bond donors (Lipinski definition) is 3. The topological polar surface area (TPSA) is 193 Å². The first-order chi connectivity index (χ1) is 32.7. The number of carbonyl (C=O) groups excluding carboxylic acids is 3. The molecule has 0 spiro atoms. The number of rotatable bonds is 15. The number of thiophene rings is 1. The van der Waals surface area contributed by atoms with Gasteiger partial charge in [-0.2, -0.15) is 0 Å². The highest BCUT2D eigenvalue weighted by Crippen LogP contribution is 2.40. The zero-order chi connectivity index (χ0) is 47.8. The first-order valence-corrected chi connectivity index (χ1v) is 25.0. The van der Waals surface area contributed by atoms with E-state index in [4.69, 9.17) is 25.9 Å². The van der Waals surface area contributed by atoms with Crippen LogP contribution < -0.4 is 15.4 Å². The summed E-state index contributed by atoms with van der Waals surface area (Å²) < 4.78 is 13.8. The highest BCUT2D eigenvalue weighted by molar-refractivity contribution is 7.15. The van der Waals surface area contributed by atoms with E-state index in [0.29, 0.717) is 36.3 Å². The van der Waals surface area contributed by atoms with E-state index in [2.05, 4.69) is 49.7 Å². The quantitative estimate of drug-likeness (QED) is 0.0970. The monoisotopic (exact) mass is 978 g/mol. The molecule has 3 N–H and O–H groups in total. The molecular formula is C49H55ClN10O6S2. The Bertz CT molecular complexity index is 2830. The molecule has 7 heterocycles. The van der Waals surface area contributed by atoms with Gasteiger partial charge in [-0.3, -0.25) is 28.8 Å². The van der Waals surface area contributed by atoms with Crippen molar-refractivity contribution >= 4 is 57.7 Å². The predicted octanol–water partition coefficient (Wildman–Crippen LogP) is 6.90. The number of carbonyl (C=O) groups is 3. The normalized spacial score (nSPS) is 19.7. The first-order valence-electron chi connectivity index (χ1n) is 23.0. The molecule has 68 heavy (non-hydrogen) atoms. The van der Waals surface area contributed by atoms with Gasteiger partial charge in [0.05, 0.1) is 34.3 Å². The van der Waals surface area contributed by atoms with Gasteiger partial charge in [0.15, 0.2) is 11.6 Å². The standard InChI is InChI=1S/C49H55ClN10O6S2/c1-26(2)42(48(64)59-24-36(61)19-38(59)47(63)51-22-31-7-9-33(10-8-31)45-28(4)52-25-67-45)39-21-41(57-66-39)65-18-17-58-16-15-35(23-58)53-40(62)20-37-46-56-55-30(6)60(46)49-43(27(3)29(5)68-49)44(54-37)32-11-13-34(50)14-12-32/h7-14,21,25-26,35-38,42,61H,15-20,22-24H2,1-6H3,(H,51,63)(H,53,62)/t35-,36-,37+,38+,42+/m1/s1. The number of β-amino-alcohol motifs (C(OH)–C–C–N with tert-alkyl or cyclic N) is 1. The summed E-state index contributed by atoms with van der Waals surface area (Å²) in [4.78, 5) is 57.0. The molecule has 19 heteroatoms.